The molecule has 7 heteroatoms. The average molecular weight is 406 g/mol. The van der Waals surface area contributed by atoms with E-state index in [-0.39, 0.29) is 11.9 Å². The van der Waals surface area contributed by atoms with Gasteiger partial charge >= 0.3 is 0 Å². The molecule has 4 aromatic rings. The van der Waals surface area contributed by atoms with E-state index in [1.165, 1.54) is 6.07 Å². The van der Waals surface area contributed by atoms with Crippen LogP contribution in [0, 0.1) is 0 Å². The number of halogens is 2. The SMILES string of the molecule is FC(F)c1ccc(-c2cnn(C3CCCCO3)c2)c(-c2ccc3cccnc3c2)n1. The van der Waals surface area contributed by atoms with E-state index in [4.69, 9.17) is 4.74 Å². The van der Waals surface area contributed by atoms with Gasteiger partial charge in [-0.1, -0.05) is 24.3 Å². The number of pyridine rings is 2. The Balaban J connectivity index is 1.60. The molecular weight excluding hydrogens is 386 g/mol. The van der Waals surface area contributed by atoms with Gasteiger partial charge in [0.1, 0.15) is 11.9 Å². The number of hydrogen-bond donors (Lipinski definition) is 0. The summed E-state index contributed by atoms with van der Waals surface area (Å²) in [6.07, 6.45) is 5.68. The largest absolute Gasteiger partial charge is 0.357 e. The second-order valence-corrected chi connectivity index (χ2v) is 7.37. The van der Waals surface area contributed by atoms with Crippen molar-refractivity contribution in [1.82, 2.24) is 19.7 Å². The molecule has 1 aliphatic heterocycles. The van der Waals surface area contributed by atoms with Crippen LogP contribution in [0.1, 0.15) is 37.6 Å². The first-order valence-corrected chi connectivity index (χ1v) is 9.99. The Hall–Kier alpha value is -3.19. The van der Waals surface area contributed by atoms with E-state index in [0.717, 1.165) is 53.5 Å². The second-order valence-electron chi connectivity index (χ2n) is 7.37. The maximum Gasteiger partial charge on any atom is 0.280 e. The van der Waals surface area contributed by atoms with Crippen LogP contribution in [-0.4, -0.2) is 26.4 Å². The molecule has 0 radical (unpaired) electrons. The van der Waals surface area contributed by atoms with E-state index >= 15 is 0 Å². The van der Waals surface area contributed by atoms with Crippen LogP contribution in [0.2, 0.25) is 0 Å². The number of ether oxygens (including phenoxy) is 1. The molecule has 0 aliphatic carbocycles. The monoisotopic (exact) mass is 406 g/mol. The summed E-state index contributed by atoms with van der Waals surface area (Å²) in [6.45, 7) is 0.722. The second kappa shape index (κ2) is 7.91. The molecule has 0 spiro atoms. The van der Waals surface area contributed by atoms with Gasteiger partial charge in [-0.2, -0.15) is 5.10 Å². The molecule has 4 heterocycles. The minimum atomic E-state index is -2.64. The number of aromatic nitrogens is 4. The highest BCUT2D eigenvalue weighted by atomic mass is 19.3. The Morgan fingerprint density at radius 2 is 2.00 bits per heavy atom. The van der Waals surface area contributed by atoms with Crippen molar-refractivity contribution in [2.45, 2.75) is 31.9 Å². The van der Waals surface area contributed by atoms with Crippen molar-refractivity contribution in [3.05, 3.63) is 66.7 Å². The number of benzene rings is 1. The van der Waals surface area contributed by atoms with Crippen molar-refractivity contribution in [3.63, 3.8) is 0 Å². The fraction of sp³-hybridized carbons (Fsp3) is 0.261. The van der Waals surface area contributed by atoms with Crippen molar-refractivity contribution >= 4 is 10.9 Å². The number of hydrogen-bond acceptors (Lipinski definition) is 4. The van der Waals surface area contributed by atoms with Crippen molar-refractivity contribution in [3.8, 4) is 22.4 Å². The Labute approximate surface area is 172 Å². The van der Waals surface area contributed by atoms with Gasteiger partial charge in [0.15, 0.2) is 0 Å². The molecule has 5 nitrogen and oxygen atoms in total. The minimum Gasteiger partial charge on any atom is -0.357 e. The maximum absolute atomic E-state index is 13.4. The van der Waals surface area contributed by atoms with Crippen molar-refractivity contribution < 1.29 is 13.5 Å². The summed E-state index contributed by atoms with van der Waals surface area (Å²) < 4.78 is 34.4. The first-order valence-electron chi connectivity index (χ1n) is 9.99. The van der Waals surface area contributed by atoms with Crippen LogP contribution in [-0.2, 0) is 4.74 Å². The van der Waals surface area contributed by atoms with Gasteiger partial charge in [-0.05, 0) is 37.5 Å². The standard InChI is InChI=1S/C23H20F2N4O/c24-23(25)19-9-8-18(17-13-27-29(14-17)21-5-1-2-11-30-21)22(28-19)16-7-6-15-4-3-10-26-20(15)12-16/h3-4,6-10,12-14,21,23H,1-2,5,11H2. The van der Waals surface area contributed by atoms with E-state index < -0.39 is 6.43 Å². The Bertz CT molecular complexity index is 1180. The predicted molar refractivity (Wildman–Crippen MR) is 110 cm³/mol. The summed E-state index contributed by atoms with van der Waals surface area (Å²) in [5.41, 5.74) is 3.32. The van der Waals surface area contributed by atoms with Crippen LogP contribution in [0.5, 0.6) is 0 Å². The molecule has 30 heavy (non-hydrogen) atoms. The third-order valence-corrected chi connectivity index (χ3v) is 5.38. The molecule has 1 fully saturated rings. The van der Waals surface area contributed by atoms with Gasteiger partial charge in [0.2, 0.25) is 0 Å². The smallest absolute Gasteiger partial charge is 0.280 e. The lowest BCUT2D eigenvalue weighted by Crippen LogP contribution is -2.18. The summed E-state index contributed by atoms with van der Waals surface area (Å²) in [5.74, 6) is 0. The van der Waals surface area contributed by atoms with Crippen LogP contribution in [0.25, 0.3) is 33.3 Å². The highest BCUT2D eigenvalue weighted by molar-refractivity contribution is 5.87. The highest BCUT2D eigenvalue weighted by Crippen LogP contribution is 2.34. The van der Waals surface area contributed by atoms with Gasteiger partial charge in [-0.15, -0.1) is 0 Å². The quantitative estimate of drug-likeness (QED) is 0.430. The highest BCUT2D eigenvalue weighted by Gasteiger charge is 2.20. The Morgan fingerprint density at radius 1 is 1.07 bits per heavy atom. The number of nitrogens with zero attached hydrogens (tertiary/aromatic N) is 4. The zero-order valence-electron chi connectivity index (χ0n) is 16.2. The van der Waals surface area contributed by atoms with Crippen molar-refractivity contribution in [1.29, 1.82) is 0 Å². The third-order valence-electron chi connectivity index (χ3n) is 5.38. The lowest BCUT2D eigenvalue weighted by atomic mass is 10.00. The lowest BCUT2D eigenvalue weighted by Gasteiger charge is -2.22. The molecule has 0 bridgehead atoms. The van der Waals surface area contributed by atoms with Gasteiger partial charge in [0.25, 0.3) is 6.43 Å². The Kier molecular flexibility index (Phi) is 4.96. The van der Waals surface area contributed by atoms with Crippen LogP contribution in [0.4, 0.5) is 8.78 Å². The molecule has 1 atom stereocenters. The van der Waals surface area contributed by atoms with Gasteiger partial charge in [-0.3, -0.25) is 4.98 Å². The van der Waals surface area contributed by atoms with Crippen LogP contribution >= 0.6 is 0 Å². The summed E-state index contributed by atoms with van der Waals surface area (Å²) >= 11 is 0. The molecule has 0 amide bonds. The van der Waals surface area contributed by atoms with Crippen LogP contribution in [0.3, 0.4) is 0 Å². The molecule has 1 aliphatic rings. The molecule has 5 rings (SSSR count). The maximum atomic E-state index is 13.4. The van der Waals surface area contributed by atoms with Crippen LogP contribution < -0.4 is 0 Å². The number of fused-ring (bicyclic) bond motifs is 1. The molecule has 0 N–H and O–H groups in total. The lowest BCUT2D eigenvalue weighted by molar-refractivity contribution is -0.0394. The summed E-state index contributed by atoms with van der Waals surface area (Å²) in [5, 5.41) is 5.44. The molecule has 1 saturated heterocycles. The number of alkyl halides is 2. The third kappa shape index (κ3) is 3.57. The predicted octanol–water partition coefficient (Wildman–Crippen LogP) is 5.80. The zero-order valence-corrected chi connectivity index (χ0v) is 16.2. The first-order chi connectivity index (χ1) is 14.7. The molecule has 1 unspecified atom stereocenters. The topological polar surface area (TPSA) is 52.8 Å². The van der Waals surface area contributed by atoms with Crippen molar-refractivity contribution in [2.75, 3.05) is 6.61 Å². The zero-order chi connectivity index (χ0) is 20.5. The normalized spacial score (nSPS) is 17.0. The first kappa shape index (κ1) is 18.8. The van der Waals surface area contributed by atoms with E-state index in [9.17, 15) is 8.78 Å². The number of rotatable bonds is 4. The average Bonchev–Trinajstić information content (AvgIpc) is 3.29. The summed E-state index contributed by atoms with van der Waals surface area (Å²) in [6, 6.07) is 12.6. The van der Waals surface area contributed by atoms with E-state index in [1.807, 2.05) is 36.5 Å². The molecule has 3 aromatic heterocycles. The molecule has 0 saturated carbocycles. The molecule has 1 aromatic carbocycles. The minimum absolute atomic E-state index is 0.0888. The van der Waals surface area contributed by atoms with Gasteiger partial charge < -0.3 is 4.74 Å². The van der Waals surface area contributed by atoms with Gasteiger partial charge in [0.05, 0.1) is 17.4 Å². The van der Waals surface area contributed by atoms with E-state index in [0.29, 0.717) is 5.69 Å². The summed E-state index contributed by atoms with van der Waals surface area (Å²) in [7, 11) is 0. The van der Waals surface area contributed by atoms with E-state index in [1.54, 1.807) is 23.1 Å². The Morgan fingerprint density at radius 3 is 2.83 bits per heavy atom. The van der Waals surface area contributed by atoms with Crippen LogP contribution in [0.15, 0.2) is 61.1 Å². The molecule has 152 valence electrons. The van der Waals surface area contributed by atoms with E-state index in [2.05, 4.69) is 15.1 Å². The summed E-state index contributed by atoms with van der Waals surface area (Å²) in [4.78, 5) is 8.69. The van der Waals surface area contributed by atoms with Gasteiger partial charge in [-0.25, -0.2) is 18.4 Å². The van der Waals surface area contributed by atoms with Crippen molar-refractivity contribution in [2.24, 2.45) is 0 Å². The fourth-order valence-electron chi connectivity index (χ4n) is 3.83. The fourth-order valence-corrected chi connectivity index (χ4v) is 3.83. The molecular formula is C23H20F2N4O. The van der Waals surface area contributed by atoms with Gasteiger partial charge in [0, 0.05) is 41.1 Å².